The minimum absolute atomic E-state index is 0.166. The molecule has 1 aliphatic heterocycles. The number of amides is 1. The third-order valence-corrected chi connectivity index (χ3v) is 8.62. The van der Waals surface area contributed by atoms with E-state index in [1.165, 1.54) is 29.7 Å². The topological polar surface area (TPSA) is 77.0 Å². The van der Waals surface area contributed by atoms with Crippen molar-refractivity contribution in [2.24, 2.45) is 5.92 Å². The van der Waals surface area contributed by atoms with Crippen molar-refractivity contribution in [2.45, 2.75) is 42.8 Å². The second-order valence-electron chi connectivity index (χ2n) is 10.8. The average molecular weight is 618 g/mol. The first-order valence-electron chi connectivity index (χ1n) is 14.4. The zero-order chi connectivity index (χ0) is 30.5. The molecule has 226 valence electrons. The molecule has 0 atom stereocenters. The standard InChI is InChI=1S/C33H30F3N5O2S/c34-33(35,36)26-12-7-13-27(20-26)41-29(19-24-10-5-2-6-11-24)38-39-32(41)44-22-30-37-28(21-43-30)31(42)40-16-14-25(15-17-40)18-23-8-3-1-4-9-23/h1-13,20-21,25H,14-19,22H2. The molecule has 1 amide bonds. The maximum Gasteiger partial charge on any atom is 0.416 e. The molecule has 0 N–H and O–H groups in total. The molecule has 3 aromatic carbocycles. The molecule has 2 aromatic heterocycles. The number of oxazole rings is 1. The minimum atomic E-state index is -4.49. The fourth-order valence-electron chi connectivity index (χ4n) is 5.42. The van der Waals surface area contributed by atoms with Gasteiger partial charge in [0.15, 0.2) is 10.9 Å². The Labute approximate surface area is 257 Å². The molecule has 6 rings (SSSR count). The molecule has 0 bridgehead atoms. The fraction of sp³-hybridized carbons (Fsp3) is 0.273. The van der Waals surface area contributed by atoms with Gasteiger partial charge in [-0.15, -0.1) is 10.2 Å². The van der Waals surface area contributed by atoms with Gasteiger partial charge in [-0.3, -0.25) is 9.36 Å². The highest BCUT2D eigenvalue weighted by Gasteiger charge is 2.31. The van der Waals surface area contributed by atoms with Crippen LogP contribution in [-0.4, -0.2) is 43.6 Å². The van der Waals surface area contributed by atoms with Crippen LogP contribution in [0.5, 0.6) is 0 Å². The molecule has 5 aromatic rings. The second-order valence-corrected chi connectivity index (χ2v) is 11.7. The fourth-order valence-corrected chi connectivity index (χ4v) is 6.24. The summed E-state index contributed by atoms with van der Waals surface area (Å²) in [5.41, 5.74) is 2.05. The molecule has 3 heterocycles. The summed E-state index contributed by atoms with van der Waals surface area (Å²) in [4.78, 5) is 19.4. The molecule has 11 heteroatoms. The van der Waals surface area contributed by atoms with Crippen molar-refractivity contribution in [3.05, 3.63) is 125 Å². The highest BCUT2D eigenvalue weighted by molar-refractivity contribution is 7.98. The Bertz CT molecular complexity index is 1700. The molecule has 1 aliphatic rings. The Hall–Kier alpha value is -4.38. The van der Waals surface area contributed by atoms with Gasteiger partial charge in [0, 0.05) is 19.5 Å². The predicted octanol–water partition coefficient (Wildman–Crippen LogP) is 7.25. The van der Waals surface area contributed by atoms with Gasteiger partial charge >= 0.3 is 6.18 Å². The van der Waals surface area contributed by atoms with Crippen LogP contribution < -0.4 is 0 Å². The van der Waals surface area contributed by atoms with Crippen LogP contribution in [0.2, 0.25) is 0 Å². The van der Waals surface area contributed by atoms with E-state index in [0.717, 1.165) is 37.0 Å². The molecule has 0 aliphatic carbocycles. The number of thioether (sulfide) groups is 1. The van der Waals surface area contributed by atoms with E-state index in [0.29, 0.717) is 48.0 Å². The van der Waals surface area contributed by atoms with E-state index in [4.69, 9.17) is 4.42 Å². The van der Waals surface area contributed by atoms with Crippen molar-refractivity contribution >= 4 is 17.7 Å². The Morgan fingerprint density at radius 3 is 2.32 bits per heavy atom. The quantitative estimate of drug-likeness (QED) is 0.162. The van der Waals surface area contributed by atoms with E-state index in [1.807, 2.05) is 53.4 Å². The van der Waals surface area contributed by atoms with Crippen molar-refractivity contribution in [3.8, 4) is 5.69 Å². The predicted molar refractivity (Wildman–Crippen MR) is 160 cm³/mol. The Kier molecular flexibility index (Phi) is 8.83. The van der Waals surface area contributed by atoms with Gasteiger partial charge in [-0.1, -0.05) is 78.5 Å². The van der Waals surface area contributed by atoms with Crippen molar-refractivity contribution in [1.29, 1.82) is 0 Å². The van der Waals surface area contributed by atoms with Gasteiger partial charge in [0.1, 0.15) is 12.1 Å². The summed E-state index contributed by atoms with van der Waals surface area (Å²) in [6.07, 6.45) is 0.119. The van der Waals surface area contributed by atoms with Crippen LogP contribution in [0.1, 0.15) is 51.7 Å². The molecule has 44 heavy (non-hydrogen) atoms. The molecule has 0 spiro atoms. The second kappa shape index (κ2) is 13.1. The summed E-state index contributed by atoms with van der Waals surface area (Å²) in [5, 5.41) is 9.01. The maximum atomic E-state index is 13.5. The summed E-state index contributed by atoms with van der Waals surface area (Å²) in [6, 6.07) is 25.0. The first-order chi connectivity index (χ1) is 21.3. The summed E-state index contributed by atoms with van der Waals surface area (Å²) < 4.78 is 47.9. The van der Waals surface area contributed by atoms with Gasteiger partial charge in [0.25, 0.3) is 5.91 Å². The van der Waals surface area contributed by atoms with Gasteiger partial charge in [-0.25, -0.2) is 4.98 Å². The SMILES string of the molecule is O=C(c1coc(CSc2nnc(Cc3ccccc3)n2-c2cccc(C(F)(F)F)c2)n1)N1CCC(Cc2ccccc2)CC1. The van der Waals surface area contributed by atoms with Crippen LogP contribution in [0.4, 0.5) is 13.2 Å². The molecule has 7 nitrogen and oxygen atoms in total. The van der Waals surface area contributed by atoms with Crippen LogP contribution in [0.3, 0.4) is 0 Å². The number of likely N-dealkylation sites (tertiary alicyclic amines) is 1. The summed E-state index contributed by atoms with van der Waals surface area (Å²) >= 11 is 1.23. The lowest BCUT2D eigenvalue weighted by atomic mass is 9.90. The van der Waals surface area contributed by atoms with E-state index < -0.39 is 11.7 Å². The van der Waals surface area contributed by atoms with Crippen molar-refractivity contribution in [2.75, 3.05) is 13.1 Å². The van der Waals surface area contributed by atoms with E-state index in [9.17, 15) is 18.0 Å². The van der Waals surface area contributed by atoms with Gasteiger partial charge < -0.3 is 9.32 Å². The van der Waals surface area contributed by atoms with Crippen LogP contribution in [0.15, 0.2) is 101 Å². The largest absolute Gasteiger partial charge is 0.447 e. The molecule has 0 radical (unpaired) electrons. The van der Waals surface area contributed by atoms with E-state index in [1.54, 1.807) is 10.6 Å². The monoisotopic (exact) mass is 617 g/mol. The Balaban J connectivity index is 1.14. The number of aromatic nitrogens is 4. The number of rotatable bonds is 9. The Morgan fingerprint density at radius 2 is 1.61 bits per heavy atom. The number of halogens is 3. The number of carbonyl (C=O) groups is 1. The maximum absolute atomic E-state index is 13.5. The molecular weight excluding hydrogens is 587 g/mol. The lowest BCUT2D eigenvalue weighted by Crippen LogP contribution is -2.39. The Morgan fingerprint density at radius 1 is 0.909 bits per heavy atom. The minimum Gasteiger partial charge on any atom is -0.447 e. The number of hydrogen-bond donors (Lipinski definition) is 0. The molecule has 0 unspecified atom stereocenters. The van der Waals surface area contributed by atoms with Crippen LogP contribution >= 0.6 is 11.8 Å². The lowest BCUT2D eigenvalue weighted by Gasteiger charge is -2.31. The number of hydrogen-bond acceptors (Lipinski definition) is 6. The number of nitrogens with zero attached hydrogens (tertiary/aromatic N) is 5. The first-order valence-corrected chi connectivity index (χ1v) is 15.4. The zero-order valence-corrected chi connectivity index (χ0v) is 24.6. The van der Waals surface area contributed by atoms with Gasteiger partial charge in [0.2, 0.25) is 5.89 Å². The van der Waals surface area contributed by atoms with Crippen LogP contribution in [0.25, 0.3) is 5.69 Å². The number of alkyl halides is 3. The summed E-state index contributed by atoms with van der Waals surface area (Å²) in [7, 11) is 0. The third-order valence-electron chi connectivity index (χ3n) is 7.70. The van der Waals surface area contributed by atoms with E-state index in [-0.39, 0.29) is 17.4 Å². The number of carbonyl (C=O) groups excluding carboxylic acids is 1. The van der Waals surface area contributed by atoms with Crippen molar-refractivity contribution < 1.29 is 22.4 Å². The van der Waals surface area contributed by atoms with E-state index in [2.05, 4.69) is 27.3 Å². The van der Waals surface area contributed by atoms with E-state index >= 15 is 0 Å². The lowest BCUT2D eigenvalue weighted by molar-refractivity contribution is -0.137. The normalized spacial score (nSPS) is 14.2. The highest BCUT2D eigenvalue weighted by atomic mass is 32.2. The molecule has 0 saturated carbocycles. The molecular formula is C33H30F3N5O2S. The summed E-state index contributed by atoms with van der Waals surface area (Å²) in [6.45, 7) is 1.33. The van der Waals surface area contributed by atoms with Crippen molar-refractivity contribution in [1.82, 2.24) is 24.6 Å². The third kappa shape index (κ3) is 7.05. The molecule has 1 fully saturated rings. The average Bonchev–Trinajstić information content (AvgIpc) is 3.68. The summed E-state index contributed by atoms with van der Waals surface area (Å²) in [5.74, 6) is 1.40. The van der Waals surface area contributed by atoms with Crippen LogP contribution in [0, 0.1) is 5.92 Å². The smallest absolute Gasteiger partial charge is 0.416 e. The van der Waals surface area contributed by atoms with Crippen molar-refractivity contribution in [3.63, 3.8) is 0 Å². The number of benzene rings is 3. The van der Waals surface area contributed by atoms with Crippen LogP contribution in [-0.2, 0) is 24.8 Å². The molecule has 1 saturated heterocycles. The zero-order valence-electron chi connectivity index (χ0n) is 23.8. The number of piperidine rings is 1. The van der Waals surface area contributed by atoms with Gasteiger partial charge in [-0.2, -0.15) is 13.2 Å². The van der Waals surface area contributed by atoms with Gasteiger partial charge in [0.05, 0.1) is 17.0 Å². The highest BCUT2D eigenvalue weighted by Crippen LogP contribution is 2.33. The van der Waals surface area contributed by atoms with Gasteiger partial charge in [-0.05, 0) is 54.5 Å². The first kappa shape index (κ1) is 29.7.